The van der Waals surface area contributed by atoms with Crippen molar-refractivity contribution in [3.8, 4) is 11.5 Å². The zero-order chi connectivity index (χ0) is 19.6. The minimum atomic E-state index is -0.288. The van der Waals surface area contributed by atoms with Crippen molar-refractivity contribution >= 4 is 29.3 Å². The van der Waals surface area contributed by atoms with Crippen molar-refractivity contribution in [2.45, 2.75) is 26.5 Å². The first-order chi connectivity index (χ1) is 13.0. The van der Waals surface area contributed by atoms with Gasteiger partial charge in [0.15, 0.2) is 5.11 Å². The van der Waals surface area contributed by atoms with E-state index >= 15 is 0 Å². The summed E-state index contributed by atoms with van der Waals surface area (Å²) in [6, 6.07) is 15.1. The Hall–Kier alpha value is -2.86. The van der Waals surface area contributed by atoms with Crippen LogP contribution in [0, 0.1) is 0 Å². The summed E-state index contributed by atoms with van der Waals surface area (Å²) in [5.74, 6) is 1.31. The van der Waals surface area contributed by atoms with Gasteiger partial charge in [-0.1, -0.05) is 24.3 Å². The smallest absolute Gasteiger partial charge is 0.250 e. The molecule has 0 aliphatic carbocycles. The first-order valence-corrected chi connectivity index (χ1v) is 9.03. The quantitative estimate of drug-likeness (QED) is 0.563. The van der Waals surface area contributed by atoms with Crippen LogP contribution in [0.4, 0.5) is 0 Å². The van der Waals surface area contributed by atoms with E-state index in [9.17, 15) is 4.79 Å². The number of hydrogen-bond acceptors (Lipinski definition) is 4. The van der Waals surface area contributed by atoms with Crippen LogP contribution < -0.4 is 20.1 Å². The lowest BCUT2D eigenvalue weighted by atomic mass is 10.2. The SMILES string of the molecule is COc1ccc(/C=C/C(=O)NC(=S)NCc2ccc(OC(C)C)cc2)cc1. The Bertz CT molecular complexity index is 784. The van der Waals surface area contributed by atoms with Crippen LogP contribution in [0.3, 0.4) is 0 Å². The first-order valence-electron chi connectivity index (χ1n) is 8.63. The van der Waals surface area contributed by atoms with Gasteiger partial charge in [0.05, 0.1) is 13.2 Å². The predicted octanol–water partition coefficient (Wildman–Crippen LogP) is 3.69. The van der Waals surface area contributed by atoms with Gasteiger partial charge in [0.1, 0.15) is 11.5 Å². The zero-order valence-corrected chi connectivity index (χ0v) is 16.5. The van der Waals surface area contributed by atoms with Gasteiger partial charge in [0.25, 0.3) is 0 Å². The number of carbonyl (C=O) groups excluding carboxylic acids is 1. The number of hydrogen-bond donors (Lipinski definition) is 2. The summed E-state index contributed by atoms with van der Waals surface area (Å²) >= 11 is 5.16. The average Bonchev–Trinajstić information content (AvgIpc) is 2.66. The van der Waals surface area contributed by atoms with E-state index in [0.29, 0.717) is 6.54 Å². The largest absolute Gasteiger partial charge is 0.497 e. The molecule has 0 heterocycles. The molecule has 142 valence electrons. The lowest BCUT2D eigenvalue weighted by Crippen LogP contribution is -2.37. The summed E-state index contributed by atoms with van der Waals surface area (Å²) in [6.07, 6.45) is 3.29. The van der Waals surface area contributed by atoms with Crippen LogP contribution in [0.1, 0.15) is 25.0 Å². The van der Waals surface area contributed by atoms with Crippen molar-refractivity contribution in [1.82, 2.24) is 10.6 Å². The second-order valence-electron chi connectivity index (χ2n) is 6.09. The van der Waals surface area contributed by atoms with E-state index in [1.54, 1.807) is 13.2 Å². The number of benzene rings is 2. The monoisotopic (exact) mass is 384 g/mol. The number of nitrogens with one attached hydrogen (secondary N) is 2. The van der Waals surface area contributed by atoms with Crippen molar-refractivity contribution in [3.63, 3.8) is 0 Å². The van der Waals surface area contributed by atoms with Crippen LogP contribution in [0.15, 0.2) is 54.6 Å². The van der Waals surface area contributed by atoms with Crippen LogP contribution in [-0.4, -0.2) is 24.2 Å². The third kappa shape index (κ3) is 7.50. The van der Waals surface area contributed by atoms with E-state index in [1.807, 2.05) is 62.4 Å². The fourth-order valence-electron chi connectivity index (χ4n) is 2.23. The van der Waals surface area contributed by atoms with Gasteiger partial charge in [-0.25, -0.2) is 0 Å². The van der Waals surface area contributed by atoms with Crippen molar-refractivity contribution in [3.05, 3.63) is 65.7 Å². The highest BCUT2D eigenvalue weighted by atomic mass is 32.1. The Morgan fingerprint density at radius 1 is 1.07 bits per heavy atom. The summed E-state index contributed by atoms with van der Waals surface area (Å²) in [4.78, 5) is 11.9. The van der Waals surface area contributed by atoms with Crippen molar-refractivity contribution in [2.24, 2.45) is 0 Å². The minimum Gasteiger partial charge on any atom is -0.497 e. The molecule has 0 spiro atoms. The minimum absolute atomic E-state index is 0.141. The van der Waals surface area contributed by atoms with Crippen LogP contribution in [-0.2, 0) is 11.3 Å². The number of methoxy groups -OCH3 is 1. The van der Waals surface area contributed by atoms with Gasteiger partial charge in [-0.15, -0.1) is 0 Å². The highest BCUT2D eigenvalue weighted by Gasteiger charge is 2.02. The molecule has 0 unspecified atom stereocenters. The van der Waals surface area contributed by atoms with Crippen LogP contribution in [0.2, 0.25) is 0 Å². The fourth-order valence-corrected chi connectivity index (χ4v) is 2.40. The van der Waals surface area contributed by atoms with Gasteiger partial charge in [0.2, 0.25) is 5.91 Å². The fraction of sp³-hybridized carbons (Fsp3) is 0.238. The van der Waals surface area contributed by atoms with E-state index in [1.165, 1.54) is 6.08 Å². The van der Waals surface area contributed by atoms with Crippen LogP contribution >= 0.6 is 12.2 Å². The second-order valence-corrected chi connectivity index (χ2v) is 6.50. The molecular weight excluding hydrogens is 360 g/mol. The van der Waals surface area contributed by atoms with Crippen LogP contribution in [0.25, 0.3) is 6.08 Å². The normalized spacial score (nSPS) is 10.7. The Morgan fingerprint density at radius 3 is 2.30 bits per heavy atom. The van der Waals surface area contributed by atoms with Crippen LogP contribution in [0.5, 0.6) is 11.5 Å². The molecule has 2 aromatic carbocycles. The summed E-state index contributed by atoms with van der Waals surface area (Å²) in [5, 5.41) is 5.92. The third-order valence-electron chi connectivity index (χ3n) is 3.53. The standard InChI is InChI=1S/C21H24N2O3S/c1-15(2)26-19-11-6-17(7-12-19)14-22-21(27)23-20(24)13-8-16-4-9-18(25-3)10-5-16/h4-13,15H,14H2,1-3H3,(H2,22,23,24,27)/b13-8+. The summed E-state index contributed by atoms with van der Waals surface area (Å²) < 4.78 is 10.7. The topological polar surface area (TPSA) is 59.6 Å². The molecular formula is C21H24N2O3S. The molecule has 2 aromatic rings. The molecule has 0 aliphatic heterocycles. The Morgan fingerprint density at radius 2 is 1.70 bits per heavy atom. The van der Waals surface area contributed by atoms with Gasteiger partial charge < -0.3 is 14.8 Å². The molecule has 2 N–H and O–H groups in total. The average molecular weight is 385 g/mol. The highest BCUT2D eigenvalue weighted by Crippen LogP contribution is 2.14. The molecule has 0 saturated heterocycles. The number of ether oxygens (including phenoxy) is 2. The van der Waals surface area contributed by atoms with E-state index in [-0.39, 0.29) is 17.1 Å². The summed E-state index contributed by atoms with van der Waals surface area (Å²) in [6.45, 7) is 4.49. The molecule has 27 heavy (non-hydrogen) atoms. The second kappa shape index (κ2) is 10.3. The maximum Gasteiger partial charge on any atom is 0.250 e. The zero-order valence-electron chi connectivity index (χ0n) is 15.7. The maximum absolute atomic E-state index is 11.9. The summed E-state index contributed by atoms with van der Waals surface area (Å²) in [7, 11) is 1.61. The Balaban J connectivity index is 1.77. The van der Waals surface area contributed by atoms with Gasteiger partial charge in [-0.05, 0) is 67.5 Å². The van der Waals surface area contributed by atoms with Gasteiger partial charge in [-0.2, -0.15) is 0 Å². The molecule has 5 nitrogen and oxygen atoms in total. The Labute approximate surface area is 165 Å². The van der Waals surface area contributed by atoms with Gasteiger partial charge in [0, 0.05) is 12.6 Å². The molecule has 0 atom stereocenters. The molecule has 0 radical (unpaired) electrons. The lowest BCUT2D eigenvalue weighted by molar-refractivity contribution is -0.115. The van der Waals surface area contributed by atoms with E-state index < -0.39 is 0 Å². The molecule has 1 amide bonds. The molecule has 0 bridgehead atoms. The summed E-state index contributed by atoms with van der Waals surface area (Å²) in [5.41, 5.74) is 1.94. The first kappa shape index (κ1) is 20.5. The van der Waals surface area contributed by atoms with Gasteiger partial charge >= 0.3 is 0 Å². The lowest BCUT2D eigenvalue weighted by Gasteiger charge is -2.11. The number of rotatable bonds is 7. The van der Waals surface area contributed by atoms with Crippen molar-refractivity contribution in [2.75, 3.05) is 7.11 Å². The maximum atomic E-state index is 11.9. The van der Waals surface area contributed by atoms with E-state index in [4.69, 9.17) is 21.7 Å². The number of thiocarbonyl (C=S) groups is 1. The molecule has 2 rings (SSSR count). The highest BCUT2D eigenvalue weighted by molar-refractivity contribution is 7.80. The third-order valence-corrected chi connectivity index (χ3v) is 3.77. The number of amides is 1. The molecule has 0 aromatic heterocycles. The van der Waals surface area contributed by atoms with E-state index in [0.717, 1.165) is 22.6 Å². The molecule has 0 fully saturated rings. The molecule has 0 saturated carbocycles. The van der Waals surface area contributed by atoms with Crippen molar-refractivity contribution < 1.29 is 14.3 Å². The number of carbonyl (C=O) groups is 1. The predicted molar refractivity (Wildman–Crippen MR) is 112 cm³/mol. The van der Waals surface area contributed by atoms with Gasteiger partial charge in [-0.3, -0.25) is 10.1 Å². The molecule has 6 heteroatoms. The van der Waals surface area contributed by atoms with Crippen molar-refractivity contribution in [1.29, 1.82) is 0 Å². The van der Waals surface area contributed by atoms with E-state index in [2.05, 4.69) is 10.6 Å². The Kier molecular flexibility index (Phi) is 7.82. The molecule has 0 aliphatic rings.